The van der Waals surface area contributed by atoms with E-state index in [-0.39, 0.29) is 0 Å². The number of carbonyl (C=O) groups is 2. The van der Waals surface area contributed by atoms with Gasteiger partial charge in [-0.3, -0.25) is 4.79 Å². The first-order chi connectivity index (χ1) is 9.64. The number of ether oxygens (including phenoxy) is 1. The Bertz CT molecular complexity index is 540. The average molecular weight is 330 g/mol. The lowest BCUT2D eigenvalue weighted by Gasteiger charge is -2.22. The first-order valence-corrected chi connectivity index (χ1v) is 8.11. The summed E-state index contributed by atoms with van der Waals surface area (Å²) in [5.41, 5.74) is -0.245. The Morgan fingerprint density at radius 1 is 1.33 bits per heavy atom. The number of hydrogen-bond acceptors (Lipinski definition) is 4. The van der Waals surface area contributed by atoms with Crippen molar-refractivity contribution in [2.24, 2.45) is 0 Å². The highest BCUT2D eigenvalue weighted by atomic mass is 35.5. The summed E-state index contributed by atoms with van der Waals surface area (Å²) < 4.78 is 5.22. The second-order valence-corrected chi connectivity index (χ2v) is 6.86. The number of rotatable bonds is 4. The van der Waals surface area contributed by atoms with Crippen LogP contribution in [0.25, 0.3) is 0 Å². The van der Waals surface area contributed by atoms with Crippen LogP contribution in [-0.4, -0.2) is 29.8 Å². The van der Waals surface area contributed by atoms with Gasteiger partial charge in [0, 0.05) is 4.90 Å². The van der Waals surface area contributed by atoms with E-state index in [0.717, 1.165) is 4.90 Å². The lowest BCUT2D eigenvalue weighted by molar-refractivity contribution is -0.156. The van der Waals surface area contributed by atoms with Crippen molar-refractivity contribution in [3.05, 3.63) is 28.8 Å². The Labute approximate surface area is 134 Å². The first-order valence-electron chi connectivity index (χ1n) is 6.51. The third kappa shape index (κ3) is 5.59. The predicted molar refractivity (Wildman–Crippen MR) is 86.0 cm³/mol. The van der Waals surface area contributed by atoms with Gasteiger partial charge < -0.3 is 10.1 Å². The Kier molecular flexibility index (Phi) is 6.10. The fourth-order valence-electron chi connectivity index (χ4n) is 1.53. The molecule has 0 aliphatic carbocycles. The van der Waals surface area contributed by atoms with Crippen molar-refractivity contribution in [1.29, 1.82) is 0 Å². The standard InChI is InChI=1S/C15H20ClNO3S/c1-9(14(19)20-15(2,3)4)17-13(18)11-8-10(21-5)6-7-12(11)16/h6-9H,1-5H3,(H,17,18)/t9-/m1/s1. The lowest BCUT2D eigenvalue weighted by Crippen LogP contribution is -2.42. The van der Waals surface area contributed by atoms with Gasteiger partial charge in [0.15, 0.2) is 0 Å². The van der Waals surface area contributed by atoms with Crippen molar-refractivity contribution in [3.63, 3.8) is 0 Å². The molecule has 0 aliphatic rings. The minimum Gasteiger partial charge on any atom is -0.458 e. The van der Waals surface area contributed by atoms with Gasteiger partial charge in [-0.25, -0.2) is 4.79 Å². The van der Waals surface area contributed by atoms with Crippen molar-refractivity contribution in [2.75, 3.05) is 6.26 Å². The third-order valence-corrected chi connectivity index (χ3v) is 3.58. The number of carbonyl (C=O) groups excluding carboxylic acids is 2. The van der Waals surface area contributed by atoms with Gasteiger partial charge in [-0.15, -0.1) is 11.8 Å². The van der Waals surface area contributed by atoms with E-state index < -0.39 is 23.5 Å². The van der Waals surface area contributed by atoms with Gasteiger partial charge in [-0.2, -0.15) is 0 Å². The number of amides is 1. The number of nitrogens with one attached hydrogen (secondary N) is 1. The second kappa shape index (κ2) is 7.18. The van der Waals surface area contributed by atoms with Crippen LogP contribution in [0.5, 0.6) is 0 Å². The summed E-state index contributed by atoms with van der Waals surface area (Å²) in [7, 11) is 0. The zero-order valence-electron chi connectivity index (χ0n) is 12.8. The topological polar surface area (TPSA) is 55.4 Å². The molecule has 0 saturated carbocycles. The number of benzene rings is 1. The van der Waals surface area contributed by atoms with Crippen LogP contribution < -0.4 is 5.32 Å². The Balaban J connectivity index is 2.79. The van der Waals surface area contributed by atoms with E-state index >= 15 is 0 Å². The van der Waals surface area contributed by atoms with Crippen LogP contribution in [0.3, 0.4) is 0 Å². The van der Waals surface area contributed by atoms with Crippen molar-refractivity contribution in [2.45, 2.75) is 44.2 Å². The van der Waals surface area contributed by atoms with Crippen molar-refractivity contribution in [3.8, 4) is 0 Å². The summed E-state index contributed by atoms with van der Waals surface area (Å²) in [5, 5.41) is 2.95. The van der Waals surface area contributed by atoms with Crippen molar-refractivity contribution in [1.82, 2.24) is 5.32 Å². The van der Waals surface area contributed by atoms with E-state index in [1.54, 1.807) is 39.8 Å². The van der Waals surface area contributed by atoms with E-state index in [0.29, 0.717) is 10.6 Å². The van der Waals surface area contributed by atoms with E-state index in [1.165, 1.54) is 11.8 Å². The predicted octanol–water partition coefficient (Wildman–Crippen LogP) is 3.52. The number of esters is 1. The van der Waals surface area contributed by atoms with Crippen LogP contribution in [-0.2, 0) is 9.53 Å². The molecule has 1 atom stereocenters. The third-order valence-electron chi connectivity index (χ3n) is 2.53. The van der Waals surface area contributed by atoms with Crippen LogP contribution in [0.1, 0.15) is 38.1 Å². The van der Waals surface area contributed by atoms with Gasteiger partial charge >= 0.3 is 5.97 Å². The van der Waals surface area contributed by atoms with Crippen LogP contribution in [0.15, 0.2) is 23.1 Å². The summed E-state index contributed by atoms with van der Waals surface area (Å²) in [6, 6.07) is 4.46. The second-order valence-electron chi connectivity index (χ2n) is 5.57. The minimum absolute atomic E-state index is 0.346. The van der Waals surface area contributed by atoms with Gasteiger partial charge in [0.1, 0.15) is 11.6 Å². The molecule has 0 radical (unpaired) electrons. The molecule has 0 aromatic heterocycles. The van der Waals surface area contributed by atoms with Gasteiger partial charge in [0.2, 0.25) is 0 Å². The van der Waals surface area contributed by atoms with Crippen LogP contribution in [0.4, 0.5) is 0 Å². The van der Waals surface area contributed by atoms with Gasteiger partial charge in [0.05, 0.1) is 10.6 Å². The van der Waals surface area contributed by atoms with E-state index in [1.807, 2.05) is 12.3 Å². The summed E-state index contributed by atoms with van der Waals surface area (Å²) in [4.78, 5) is 25.0. The quantitative estimate of drug-likeness (QED) is 0.678. The fourth-order valence-corrected chi connectivity index (χ4v) is 2.17. The number of halogens is 1. The highest BCUT2D eigenvalue weighted by Crippen LogP contribution is 2.23. The molecule has 0 fully saturated rings. The Morgan fingerprint density at radius 3 is 2.48 bits per heavy atom. The van der Waals surface area contributed by atoms with Gasteiger partial charge in [0.25, 0.3) is 5.91 Å². The molecule has 116 valence electrons. The Hall–Kier alpha value is -1.20. The minimum atomic E-state index is -0.745. The molecule has 0 aliphatic heterocycles. The molecule has 0 saturated heterocycles. The molecule has 6 heteroatoms. The number of thioether (sulfide) groups is 1. The van der Waals surface area contributed by atoms with Crippen molar-refractivity contribution >= 4 is 35.2 Å². The molecular weight excluding hydrogens is 310 g/mol. The maximum absolute atomic E-state index is 12.2. The molecule has 1 N–H and O–H groups in total. The van der Waals surface area contributed by atoms with Crippen LogP contribution >= 0.6 is 23.4 Å². The lowest BCUT2D eigenvalue weighted by atomic mass is 10.2. The van der Waals surface area contributed by atoms with Gasteiger partial charge in [-0.05, 0) is 52.1 Å². The van der Waals surface area contributed by atoms with Crippen molar-refractivity contribution < 1.29 is 14.3 Å². The molecule has 0 unspecified atom stereocenters. The molecule has 0 spiro atoms. The zero-order chi connectivity index (χ0) is 16.2. The summed E-state index contributed by atoms with van der Waals surface area (Å²) in [6.07, 6.45) is 1.91. The zero-order valence-corrected chi connectivity index (χ0v) is 14.4. The largest absolute Gasteiger partial charge is 0.458 e. The highest BCUT2D eigenvalue weighted by Gasteiger charge is 2.24. The van der Waals surface area contributed by atoms with Crippen LogP contribution in [0.2, 0.25) is 5.02 Å². The Morgan fingerprint density at radius 2 is 1.95 bits per heavy atom. The van der Waals surface area contributed by atoms with E-state index in [2.05, 4.69) is 5.32 Å². The summed E-state index contributed by atoms with van der Waals surface area (Å²) >= 11 is 7.54. The average Bonchev–Trinajstić information content (AvgIpc) is 2.37. The maximum atomic E-state index is 12.2. The number of hydrogen-bond donors (Lipinski definition) is 1. The monoisotopic (exact) mass is 329 g/mol. The molecule has 1 amide bonds. The first kappa shape index (κ1) is 17.9. The normalized spacial score (nSPS) is 12.7. The van der Waals surface area contributed by atoms with Gasteiger partial charge in [-0.1, -0.05) is 11.6 Å². The summed E-state index contributed by atoms with van der Waals surface area (Å²) in [6.45, 7) is 6.91. The van der Waals surface area contributed by atoms with Crippen LogP contribution in [0, 0.1) is 0 Å². The molecule has 1 rings (SSSR count). The molecule has 1 aromatic rings. The molecule has 0 bridgehead atoms. The molecule has 0 heterocycles. The maximum Gasteiger partial charge on any atom is 0.328 e. The van der Waals surface area contributed by atoms with E-state index in [9.17, 15) is 9.59 Å². The fraction of sp³-hybridized carbons (Fsp3) is 0.467. The molecule has 1 aromatic carbocycles. The van der Waals surface area contributed by atoms with E-state index in [4.69, 9.17) is 16.3 Å². The molecular formula is C15H20ClNO3S. The summed E-state index contributed by atoms with van der Waals surface area (Å²) in [5.74, 6) is -0.873. The molecule has 4 nitrogen and oxygen atoms in total. The smallest absolute Gasteiger partial charge is 0.328 e. The molecule has 21 heavy (non-hydrogen) atoms. The SMILES string of the molecule is CSc1ccc(Cl)c(C(=O)N[C@H](C)C(=O)OC(C)(C)C)c1. The highest BCUT2D eigenvalue weighted by molar-refractivity contribution is 7.98.